The smallest absolute Gasteiger partial charge is 0.256 e. The monoisotopic (exact) mass is 417 g/mol. The number of hydrogen-bond acceptors (Lipinski definition) is 9. The second-order valence-electron chi connectivity index (χ2n) is 6.55. The summed E-state index contributed by atoms with van der Waals surface area (Å²) in [6.07, 6.45) is 1.58. The van der Waals surface area contributed by atoms with Crippen LogP contribution in [0.5, 0.6) is 0 Å². The fraction of sp³-hybridized carbons (Fsp3) is 0.368. The average molecular weight is 417 g/mol. The molecule has 0 spiro atoms. The van der Waals surface area contributed by atoms with Gasteiger partial charge in [0.05, 0.1) is 32.8 Å². The molecule has 2 aromatic heterocycles. The average Bonchev–Trinajstić information content (AvgIpc) is 3.22. The standard InChI is InChI=1S/C19H23N5O6/c1-29-10-19(8-26,9-27)30-14(7-25)24-12-22-15-16(20-11-21-17(15)24)23-18(28)13-5-3-2-4-6-13/h2-6,11-12,14,25-27H,7-10H2,1H3,(H,20,21,23,28)/t14-/m1/s1. The van der Waals surface area contributed by atoms with Crippen molar-refractivity contribution < 1.29 is 29.6 Å². The molecule has 2 heterocycles. The van der Waals surface area contributed by atoms with E-state index in [1.807, 2.05) is 0 Å². The molecule has 3 rings (SSSR count). The van der Waals surface area contributed by atoms with Crippen LogP contribution in [0, 0.1) is 0 Å². The molecule has 0 saturated carbocycles. The van der Waals surface area contributed by atoms with Gasteiger partial charge in [-0.1, -0.05) is 18.2 Å². The van der Waals surface area contributed by atoms with E-state index in [0.29, 0.717) is 5.56 Å². The molecule has 0 unspecified atom stereocenters. The van der Waals surface area contributed by atoms with Gasteiger partial charge < -0.3 is 30.1 Å². The minimum absolute atomic E-state index is 0.101. The summed E-state index contributed by atoms with van der Waals surface area (Å²) < 4.78 is 12.2. The molecule has 1 amide bonds. The molecule has 0 aliphatic carbocycles. The second-order valence-corrected chi connectivity index (χ2v) is 6.55. The summed E-state index contributed by atoms with van der Waals surface area (Å²) in [5.74, 6) is -0.170. The maximum atomic E-state index is 12.5. The van der Waals surface area contributed by atoms with Crippen molar-refractivity contribution in [1.29, 1.82) is 0 Å². The molecule has 1 atom stereocenters. The molecule has 0 fully saturated rings. The van der Waals surface area contributed by atoms with Crippen molar-refractivity contribution in [3.05, 3.63) is 48.5 Å². The van der Waals surface area contributed by atoms with Gasteiger partial charge in [0.15, 0.2) is 23.2 Å². The van der Waals surface area contributed by atoms with E-state index < -0.39 is 31.6 Å². The van der Waals surface area contributed by atoms with Crippen LogP contribution in [0.2, 0.25) is 0 Å². The molecular weight excluding hydrogens is 394 g/mol. The van der Waals surface area contributed by atoms with Gasteiger partial charge in [0.2, 0.25) is 0 Å². The summed E-state index contributed by atoms with van der Waals surface area (Å²) in [5, 5.41) is 31.9. The van der Waals surface area contributed by atoms with E-state index in [2.05, 4.69) is 20.3 Å². The molecule has 0 bridgehead atoms. The van der Waals surface area contributed by atoms with Crippen molar-refractivity contribution in [2.45, 2.75) is 11.8 Å². The highest BCUT2D eigenvalue weighted by atomic mass is 16.6. The van der Waals surface area contributed by atoms with E-state index in [4.69, 9.17) is 9.47 Å². The van der Waals surface area contributed by atoms with E-state index in [-0.39, 0.29) is 29.5 Å². The zero-order chi connectivity index (χ0) is 21.6. The van der Waals surface area contributed by atoms with Crippen molar-refractivity contribution in [2.75, 3.05) is 38.9 Å². The van der Waals surface area contributed by atoms with Gasteiger partial charge in [-0.2, -0.15) is 0 Å². The van der Waals surface area contributed by atoms with Crippen molar-refractivity contribution in [3.63, 3.8) is 0 Å². The molecule has 3 aromatic rings. The molecule has 0 saturated heterocycles. The third-order valence-electron chi connectivity index (χ3n) is 4.46. The highest BCUT2D eigenvalue weighted by molar-refractivity contribution is 6.06. The van der Waals surface area contributed by atoms with Gasteiger partial charge in [-0.3, -0.25) is 9.36 Å². The Morgan fingerprint density at radius 3 is 2.53 bits per heavy atom. The van der Waals surface area contributed by atoms with E-state index in [9.17, 15) is 20.1 Å². The third kappa shape index (κ3) is 4.45. The van der Waals surface area contributed by atoms with Crippen LogP contribution in [0.1, 0.15) is 16.6 Å². The summed E-state index contributed by atoms with van der Waals surface area (Å²) in [6, 6.07) is 8.63. The molecule has 4 N–H and O–H groups in total. The molecule has 11 heteroatoms. The highest BCUT2D eigenvalue weighted by Gasteiger charge is 2.34. The van der Waals surface area contributed by atoms with E-state index >= 15 is 0 Å². The number of ether oxygens (including phenoxy) is 2. The normalized spacial score (nSPS) is 12.8. The van der Waals surface area contributed by atoms with Gasteiger partial charge in [-0.25, -0.2) is 15.0 Å². The number of fused-ring (bicyclic) bond motifs is 1. The molecular formula is C19H23N5O6. The summed E-state index contributed by atoms with van der Waals surface area (Å²) >= 11 is 0. The predicted octanol–water partition coefficient (Wildman–Crippen LogP) is -0.0441. The van der Waals surface area contributed by atoms with Gasteiger partial charge in [-0.15, -0.1) is 0 Å². The largest absolute Gasteiger partial charge is 0.393 e. The molecule has 0 aliphatic rings. The van der Waals surface area contributed by atoms with Gasteiger partial charge in [0.25, 0.3) is 5.91 Å². The van der Waals surface area contributed by atoms with Crippen LogP contribution in [0.15, 0.2) is 43.0 Å². The number of carbonyl (C=O) groups is 1. The van der Waals surface area contributed by atoms with Crippen LogP contribution >= 0.6 is 0 Å². The van der Waals surface area contributed by atoms with Crippen LogP contribution < -0.4 is 5.32 Å². The summed E-state index contributed by atoms with van der Waals surface area (Å²) in [4.78, 5) is 24.9. The zero-order valence-corrected chi connectivity index (χ0v) is 16.3. The number of aliphatic hydroxyl groups is 3. The quantitative estimate of drug-likeness (QED) is 0.356. The molecule has 11 nitrogen and oxygen atoms in total. The second kappa shape index (κ2) is 9.69. The van der Waals surface area contributed by atoms with Gasteiger partial charge in [0.1, 0.15) is 11.9 Å². The Balaban J connectivity index is 1.90. The minimum atomic E-state index is -1.43. The first-order chi connectivity index (χ1) is 14.6. The number of carbonyl (C=O) groups excluding carboxylic acids is 1. The fourth-order valence-corrected chi connectivity index (χ4v) is 2.91. The lowest BCUT2D eigenvalue weighted by atomic mass is 10.1. The van der Waals surface area contributed by atoms with Crippen LogP contribution in [-0.4, -0.2) is 79.9 Å². The topological polar surface area (TPSA) is 152 Å². The predicted molar refractivity (Wildman–Crippen MR) is 106 cm³/mol. The number of nitrogens with one attached hydrogen (secondary N) is 1. The number of hydrogen-bond donors (Lipinski definition) is 4. The zero-order valence-electron chi connectivity index (χ0n) is 16.3. The lowest BCUT2D eigenvalue weighted by Crippen LogP contribution is -2.47. The molecule has 0 radical (unpaired) electrons. The first kappa shape index (κ1) is 21.7. The van der Waals surface area contributed by atoms with E-state index in [1.54, 1.807) is 30.3 Å². The number of anilines is 1. The Kier molecular flexibility index (Phi) is 7.03. The Labute approximate surface area is 171 Å². The SMILES string of the molecule is COCC(CO)(CO)O[C@H](CO)n1cnc2c(NC(=O)c3ccccc3)ncnc21. The Bertz CT molecular complexity index is 976. The number of rotatable bonds is 10. The lowest BCUT2D eigenvalue weighted by molar-refractivity contribution is -0.197. The summed E-state index contributed by atoms with van der Waals surface area (Å²) in [7, 11) is 1.40. The Morgan fingerprint density at radius 1 is 1.17 bits per heavy atom. The van der Waals surface area contributed by atoms with E-state index in [0.717, 1.165) is 0 Å². The van der Waals surface area contributed by atoms with Crippen LogP contribution in [0.25, 0.3) is 11.2 Å². The molecule has 1 aromatic carbocycles. The van der Waals surface area contributed by atoms with Crippen molar-refractivity contribution in [2.24, 2.45) is 0 Å². The molecule has 160 valence electrons. The number of imidazole rings is 1. The number of methoxy groups -OCH3 is 1. The molecule has 0 aliphatic heterocycles. The van der Waals surface area contributed by atoms with E-state index in [1.165, 1.54) is 24.3 Å². The summed E-state index contributed by atoms with van der Waals surface area (Å²) in [6.45, 7) is -1.66. The lowest BCUT2D eigenvalue weighted by Gasteiger charge is -2.33. The highest BCUT2D eigenvalue weighted by Crippen LogP contribution is 2.25. The van der Waals surface area contributed by atoms with Gasteiger partial charge in [-0.05, 0) is 12.1 Å². The van der Waals surface area contributed by atoms with Crippen LogP contribution in [0.4, 0.5) is 5.82 Å². The maximum Gasteiger partial charge on any atom is 0.256 e. The number of benzene rings is 1. The number of aromatic nitrogens is 4. The van der Waals surface area contributed by atoms with Gasteiger partial charge in [0, 0.05) is 12.7 Å². The van der Waals surface area contributed by atoms with Crippen molar-refractivity contribution >= 4 is 22.9 Å². The number of aliphatic hydroxyl groups excluding tert-OH is 3. The minimum Gasteiger partial charge on any atom is -0.393 e. The Hall–Kier alpha value is -2.96. The number of amides is 1. The van der Waals surface area contributed by atoms with Crippen LogP contribution in [-0.2, 0) is 9.47 Å². The van der Waals surface area contributed by atoms with Gasteiger partial charge >= 0.3 is 0 Å². The number of nitrogens with zero attached hydrogens (tertiary/aromatic N) is 4. The maximum absolute atomic E-state index is 12.5. The van der Waals surface area contributed by atoms with Crippen LogP contribution in [0.3, 0.4) is 0 Å². The van der Waals surface area contributed by atoms with Crippen molar-refractivity contribution in [1.82, 2.24) is 19.5 Å². The first-order valence-corrected chi connectivity index (χ1v) is 9.10. The fourth-order valence-electron chi connectivity index (χ4n) is 2.91. The molecule has 30 heavy (non-hydrogen) atoms. The summed E-state index contributed by atoms with van der Waals surface area (Å²) in [5.41, 5.74) is -0.407. The van der Waals surface area contributed by atoms with Crippen molar-refractivity contribution in [3.8, 4) is 0 Å². The first-order valence-electron chi connectivity index (χ1n) is 9.10. The third-order valence-corrected chi connectivity index (χ3v) is 4.46. The Morgan fingerprint density at radius 2 is 1.90 bits per heavy atom.